The smallest absolute Gasteiger partial charge is 0.0360 e. The molecule has 1 nitrogen and oxygen atoms in total. The van der Waals surface area contributed by atoms with E-state index in [-0.39, 0.29) is 0 Å². The fraction of sp³-hybridized carbons (Fsp3) is 0.722. The predicted molar refractivity (Wildman–Crippen MR) is 89.1 cm³/mol. The van der Waals surface area contributed by atoms with Gasteiger partial charge in [-0.05, 0) is 65.7 Å². The number of allylic oxidation sites excluding steroid dienone is 4. The quantitative estimate of drug-likeness (QED) is 0.359. The highest BCUT2D eigenvalue weighted by Crippen LogP contribution is 2.12. The summed E-state index contributed by atoms with van der Waals surface area (Å²) in [6.45, 7) is 14.2. The Hall–Kier alpha value is -0.850. The monoisotopic (exact) mass is 263 g/mol. The van der Waals surface area contributed by atoms with Gasteiger partial charge in [0, 0.05) is 12.3 Å². The van der Waals surface area contributed by atoms with E-state index in [0.717, 1.165) is 25.3 Å². The lowest BCUT2D eigenvalue weighted by Gasteiger charge is -2.04. The molecular weight excluding hydrogens is 230 g/mol. The van der Waals surface area contributed by atoms with Crippen LogP contribution in [0.5, 0.6) is 0 Å². The van der Waals surface area contributed by atoms with Crippen molar-refractivity contribution in [2.45, 2.75) is 73.6 Å². The summed E-state index contributed by atoms with van der Waals surface area (Å²) in [7, 11) is 0. The molecule has 0 amide bonds. The number of hydrogen-bond donors (Lipinski definition) is 0. The van der Waals surface area contributed by atoms with Crippen LogP contribution < -0.4 is 0 Å². The third-order valence-electron chi connectivity index (χ3n) is 3.28. The van der Waals surface area contributed by atoms with E-state index in [9.17, 15) is 0 Å². The zero-order chi connectivity index (χ0) is 14.7. The SMILES string of the molecule is CCN=C(C)CC/C(C)=C/CC/C(C)=C/CC(C)C. The van der Waals surface area contributed by atoms with Crippen LogP contribution in [-0.4, -0.2) is 12.3 Å². The topological polar surface area (TPSA) is 12.4 Å². The molecule has 0 aliphatic heterocycles. The standard InChI is InChI=1S/C18H33N/c1-7-19-18(6)14-13-17(5)10-8-9-16(4)12-11-15(2)3/h10,12,15H,7-9,11,13-14H2,1-6H3/b16-12+,17-10+,19-18?. The third-order valence-corrected chi connectivity index (χ3v) is 3.28. The van der Waals surface area contributed by atoms with E-state index in [1.165, 1.54) is 36.1 Å². The molecule has 0 rings (SSSR count). The molecule has 0 atom stereocenters. The van der Waals surface area contributed by atoms with Crippen molar-refractivity contribution in [1.82, 2.24) is 0 Å². The lowest BCUT2D eigenvalue weighted by atomic mass is 10.0. The lowest BCUT2D eigenvalue weighted by Crippen LogP contribution is -1.93. The van der Waals surface area contributed by atoms with Crippen molar-refractivity contribution >= 4 is 5.71 Å². The van der Waals surface area contributed by atoms with E-state index >= 15 is 0 Å². The molecular formula is C18H33N. The van der Waals surface area contributed by atoms with Crippen molar-refractivity contribution < 1.29 is 0 Å². The van der Waals surface area contributed by atoms with E-state index in [0.29, 0.717) is 0 Å². The fourth-order valence-corrected chi connectivity index (χ4v) is 1.91. The molecule has 0 bridgehead atoms. The summed E-state index contributed by atoms with van der Waals surface area (Å²) in [6.07, 6.45) is 10.6. The second-order valence-electron chi connectivity index (χ2n) is 5.98. The summed E-state index contributed by atoms with van der Waals surface area (Å²) >= 11 is 0. The van der Waals surface area contributed by atoms with Gasteiger partial charge in [0.2, 0.25) is 0 Å². The molecule has 0 unspecified atom stereocenters. The zero-order valence-electron chi connectivity index (χ0n) is 13.9. The first-order valence-corrected chi connectivity index (χ1v) is 7.76. The number of aliphatic imine (C=N–C) groups is 1. The van der Waals surface area contributed by atoms with Crippen molar-refractivity contribution in [3.63, 3.8) is 0 Å². The summed E-state index contributed by atoms with van der Waals surface area (Å²) in [5.74, 6) is 0.771. The van der Waals surface area contributed by atoms with Crippen LogP contribution >= 0.6 is 0 Å². The van der Waals surface area contributed by atoms with Gasteiger partial charge in [-0.2, -0.15) is 0 Å². The maximum atomic E-state index is 4.43. The average molecular weight is 263 g/mol. The molecule has 0 N–H and O–H groups in total. The van der Waals surface area contributed by atoms with Gasteiger partial charge >= 0.3 is 0 Å². The highest BCUT2D eigenvalue weighted by molar-refractivity contribution is 5.82. The Morgan fingerprint density at radius 1 is 0.947 bits per heavy atom. The number of rotatable bonds is 9. The molecule has 0 aromatic heterocycles. The van der Waals surface area contributed by atoms with Crippen LogP contribution in [0.4, 0.5) is 0 Å². The van der Waals surface area contributed by atoms with Crippen LogP contribution in [0.1, 0.15) is 73.6 Å². The second-order valence-corrected chi connectivity index (χ2v) is 5.98. The first-order valence-electron chi connectivity index (χ1n) is 7.76. The fourth-order valence-electron chi connectivity index (χ4n) is 1.91. The molecule has 0 saturated carbocycles. The van der Waals surface area contributed by atoms with Crippen LogP contribution in [0.15, 0.2) is 28.3 Å². The molecule has 0 aliphatic carbocycles. The largest absolute Gasteiger partial charge is 0.295 e. The Balaban J connectivity index is 3.93. The molecule has 19 heavy (non-hydrogen) atoms. The average Bonchev–Trinajstić information content (AvgIpc) is 2.34. The third kappa shape index (κ3) is 11.9. The van der Waals surface area contributed by atoms with Crippen LogP contribution in [0.3, 0.4) is 0 Å². The van der Waals surface area contributed by atoms with Crippen LogP contribution in [-0.2, 0) is 0 Å². The van der Waals surface area contributed by atoms with Crippen LogP contribution in [0.2, 0.25) is 0 Å². The van der Waals surface area contributed by atoms with Crippen LogP contribution in [0.25, 0.3) is 0 Å². The number of hydrogen-bond acceptors (Lipinski definition) is 1. The Morgan fingerprint density at radius 2 is 1.58 bits per heavy atom. The normalized spacial score (nSPS) is 14.4. The minimum Gasteiger partial charge on any atom is -0.295 e. The Labute approximate surface area is 120 Å². The van der Waals surface area contributed by atoms with Gasteiger partial charge in [0.15, 0.2) is 0 Å². The van der Waals surface area contributed by atoms with E-state index < -0.39 is 0 Å². The first-order chi connectivity index (χ1) is 8.95. The molecule has 0 aliphatic rings. The molecule has 0 saturated heterocycles. The Bertz CT molecular complexity index is 319. The molecule has 110 valence electrons. The molecule has 0 spiro atoms. The minimum absolute atomic E-state index is 0.771. The van der Waals surface area contributed by atoms with Gasteiger partial charge in [-0.15, -0.1) is 0 Å². The second kappa shape index (κ2) is 11.0. The Kier molecular flexibility index (Phi) is 10.5. The summed E-state index contributed by atoms with van der Waals surface area (Å²) in [5.41, 5.74) is 4.31. The zero-order valence-corrected chi connectivity index (χ0v) is 13.9. The molecule has 0 fully saturated rings. The van der Waals surface area contributed by atoms with Gasteiger partial charge < -0.3 is 0 Å². The summed E-state index contributed by atoms with van der Waals surface area (Å²) in [5, 5.41) is 0. The van der Waals surface area contributed by atoms with E-state index in [2.05, 4.69) is 58.7 Å². The van der Waals surface area contributed by atoms with Crippen molar-refractivity contribution in [3.05, 3.63) is 23.3 Å². The first kappa shape index (κ1) is 18.1. The van der Waals surface area contributed by atoms with Crippen molar-refractivity contribution in [2.75, 3.05) is 6.54 Å². The van der Waals surface area contributed by atoms with Gasteiger partial charge in [0.05, 0.1) is 0 Å². The minimum atomic E-state index is 0.771. The lowest BCUT2D eigenvalue weighted by molar-refractivity contribution is 0.659. The highest BCUT2D eigenvalue weighted by Gasteiger charge is 1.95. The molecule has 0 aromatic carbocycles. The van der Waals surface area contributed by atoms with Gasteiger partial charge in [-0.25, -0.2) is 0 Å². The number of nitrogens with zero attached hydrogens (tertiary/aromatic N) is 1. The van der Waals surface area contributed by atoms with Gasteiger partial charge in [-0.1, -0.05) is 37.1 Å². The van der Waals surface area contributed by atoms with Gasteiger partial charge in [-0.3, -0.25) is 4.99 Å². The summed E-state index contributed by atoms with van der Waals surface area (Å²) < 4.78 is 0. The Morgan fingerprint density at radius 3 is 2.16 bits per heavy atom. The highest BCUT2D eigenvalue weighted by atomic mass is 14.7. The maximum Gasteiger partial charge on any atom is 0.0360 e. The van der Waals surface area contributed by atoms with E-state index in [4.69, 9.17) is 0 Å². The predicted octanol–water partition coefficient (Wildman–Crippen LogP) is 5.97. The van der Waals surface area contributed by atoms with Crippen molar-refractivity contribution in [2.24, 2.45) is 10.9 Å². The van der Waals surface area contributed by atoms with Crippen LogP contribution in [0, 0.1) is 5.92 Å². The van der Waals surface area contributed by atoms with Gasteiger partial charge in [0.25, 0.3) is 0 Å². The summed E-state index contributed by atoms with van der Waals surface area (Å²) in [4.78, 5) is 4.43. The van der Waals surface area contributed by atoms with Gasteiger partial charge in [0.1, 0.15) is 0 Å². The molecule has 0 heterocycles. The van der Waals surface area contributed by atoms with E-state index in [1.807, 2.05) is 0 Å². The molecule has 0 aromatic rings. The maximum absolute atomic E-state index is 4.43. The van der Waals surface area contributed by atoms with Crippen molar-refractivity contribution in [3.8, 4) is 0 Å². The van der Waals surface area contributed by atoms with Crippen molar-refractivity contribution in [1.29, 1.82) is 0 Å². The van der Waals surface area contributed by atoms with E-state index in [1.54, 1.807) is 0 Å². The molecule has 1 heteroatoms. The summed E-state index contributed by atoms with van der Waals surface area (Å²) in [6, 6.07) is 0. The molecule has 0 radical (unpaired) electrons.